The molecule has 1 amide bonds. The molecular formula is C17H25N3O3. The monoisotopic (exact) mass is 319 g/mol. The van der Waals surface area contributed by atoms with Crippen molar-refractivity contribution in [3.05, 3.63) is 18.2 Å². The number of carbonyl (C=O) groups excluding carboxylic acids is 1. The zero-order valence-electron chi connectivity index (χ0n) is 13.8. The van der Waals surface area contributed by atoms with Gasteiger partial charge in [0, 0.05) is 24.3 Å². The fraction of sp³-hybridized carbons (Fsp3) is 0.588. The largest absolute Gasteiger partial charge is 0.486 e. The molecule has 1 fully saturated rings. The number of likely N-dealkylation sites (tertiary alicyclic amines) is 1. The Morgan fingerprint density at radius 1 is 1.30 bits per heavy atom. The molecule has 1 aromatic carbocycles. The van der Waals surface area contributed by atoms with Crippen molar-refractivity contribution in [2.45, 2.75) is 31.8 Å². The zero-order valence-corrected chi connectivity index (χ0v) is 13.8. The lowest BCUT2D eigenvalue weighted by Crippen LogP contribution is -2.51. The lowest BCUT2D eigenvalue weighted by molar-refractivity contribution is -0.121. The summed E-state index contributed by atoms with van der Waals surface area (Å²) in [5.74, 6) is 1.43. The van der Waals surface area contributed by atoms with E-state index in [9.17, 15) is 4.79 Å². The highest BCUT2D eigenvalue weighted by Gasteiger charge is 2.27. The van der Waals surface area contributed by atoms with Gasteiger partial charge in [0.2, 0.25) is 5.91 Å². The average molecular weight is 319 g/mol. The highest BCUT2D eigenvalue weighted by atomic mass is 16.6. The fourth-order valence-electron chi connectivity index (χ4n) is 3.13. The Morgan fingerprint density at radius 2 is 2.09 bits per heavy atom. The second-order valence-corrected chi connectivity index (χ2v) is 6.15. The van der Waals surface area contributed by atoms with Crippen LogP contribution in [0.3, 0.4) is 0 Å². The Hall–Kier alpha value is -1.79. The molecule has 126 valence electrons. The van der Waals surface area contributed by atoms with Crippen LogP contribution in [-0.4, -0.2) is 56.2 Å². The molecule has 6 heteroatoms. The van der Waals surface area contributed by atoms with E-state index in [-0.39, 0.29) is 11.9 Å². The summed E-state index contributed by atoms with van der Waals surface area (Å²) < 4.78 is 11.1. The number of rotatable bonds is 4. The van der Waals surface area contributed by atoms with Crippen LogP contribution in [0.15, 0.2) is 18.2 Å². The second kappa shape index (κ2) is 7.19. The third-order valence-corrected chi connectivity index (χ3v) is 4.60. The van der Waals surface area contributed by atoms with E-state index >= 15 is 0 Å². The normalized spacial score (nSPS) is 22.4. The molecule has 0 spiro atoms. The molecule has 0 aromatic heterocycles. The van der Waals surface area contributed by atoms with Crippen molar-refractivity contribution in [3.8, 4) is 11.5 Å². The number of hydrogen-bond acceptors (Lipinski definition) is 5. The number of fused-ring (bicyclic) bond motifs is 1. The molecule has 2 aliphatic heterocycles. The van der Waals surface area contributed by atoms with Crippen molar-refractivity contribution >= 4 is 11.6 Å². The summed E-state index contributed by atoms with van der Waals surface area (Å²) in [5, 5.41) is 6.29. The van der Waals surface area contributed by atoms with E-state index in [1.165, 1.54) is 6.42 Å². The van der Waals surface area contributed by atoms with Crippen molar-refractivity contribution in [3.63, 3.8) is 0 Å². The first-order chi connectivity index (χ1) is 11.2. The molecule has 23 heavy (non-hydrogen) atoms. The summed E-state index contributed by atoms with van der Waals surface area (Å²) in [6.07, 6.45) is 2.29. The lowest BCUT2D eigenvalue weighted by Gasteiger charge is -2.36. The summed E-state index contributed by atoms with van der Waals surface area (Å²) in [6.45, 7) is 4.95. The Balaban J connectivity index is 1.62. The van der Waals surface area contributed by atoms with E-state index in [0.29, 0.717) is 25.0 Å². The molecule has 2 unspecified atom stereocenters. The molecule has 2 aliphatic rings. The van der Waals surface area contributed by atoms with Gasteiger partial charge in [0.15, 0.2) is 11.5 Å². The third kappa shape index (κ3) is 3.76. The van der Waals surface area contributed by atoms with Crippen molar-refractivity contribution in [2.75, 3.05) is 38.7 Å². The van der Waals surface area contributed by atoms with E-state index in [1.807, 2.05) is 32.2 Å². The second-order valence-electron chi connectivity index (χ2n) is 6.15. The summed E-state index contributed by atoms with van der Waals surface area (Å²) >= 11 is 0. The van der Waals surface area contributed by atoms with Gasteiger partial charge in [-0.05, 0) is 45.5 Å². The van der Waals surface area contributed by atoms with E-state index < -0.39 is 0 Å². The predicted octanol–water partition coefficient (Wildman–Crippen LogP) is 1.47. The van der Waals surface area contributed by atoms with Crippen molar-refractivity contribution in [2.24, 2.45) is 0 Å². The van der Waals surface area contributed by atoms with Crippen LogP contribution in [0, 0.1) is 0 Å². The number of carbonyl (C=O) groups is 1. The number of nitrogens with zero attached hydrogens (tertiary/aromatic N) is 1. The molecule has 3 rings (SSSR count). The van der Waals surface area contributed by atoms with Gasteiger partial charge in [-0.3, -0.25) is 9.69 Å². The maximum absolute atomic E-state index is 12.5. The van der Waals surface area contributed by atoms with Gasteiger partial charge in [0.25, 0.3) is 0 Å². The Labute approximate surface area is 137 Å². The molecule has 2 N–H and O–H groups in total. The minimum Gasteiger partial charge on any atom is -0.486 e. The van der Waals surface area contributed by atoms with Crippen LogP contribution in [-0.2, 0) is 4.79 Å². The van der Waals surface area contributed by atoms with Crippen molar-refractivity contribution < 1.29 is 14.3 Å². The number of likely N-dealkylation sites (N-methyl/N-ethyl adjacent to an activating group) is 1. The van der Waals surface area contributed by atoms with Gasteiger partial charge in [-0.2, -0.15) is 0 Å². The third-order valence-electron chi connectivity index (χ3n) is 4.60. The molecule has 2 atom stereocenters. The summed E-state index contributed by atoms with van der Waals surface area (Å²) in [4.78, 5) is 14.8. The molecular weight excluding hydrogens is 294 g/mol. The zero-order chi connectivity index (χ0) is 16.2. The van der Waals surface area contributed by atoms with Gasteiger partial charge in [0.1, 0.15) is 13.2 Å². The highest BCUT2D eigenvalue weighted by molar-refractivity contribution is 5.94. The number of ether oxygens (including phenoxy) is 2. The Morgan fingerprint density at radius 3 is 2.87 bits per heavy atom. The van der Waals surface area contributed by atoms with E-state index in [1.54, 1.807) is 0 Å². The number of benzene rings is 1. The topological polar surface area (TPSA) is 62.8 Å². The Bertz CT molecular complexity index is 564. The van der Waals surface area contributed by atoms with Gasteiger partial charge in [-0.15, -0.1) is 0 Å². The summed E-state index contributed by atoms with van der Waals surface area (Å²) in [7, 11) is 1.98. The summed E-state index contributed by atoms with van der Waals surface area (Å²) in [5.41, 5.74) is 0.744. The number of amides is 1. The van der Waals surface area contributed by atoms with Gasteiger partial charge in [-0.1, -0.05) is 0 Å². The van der Waals surface area contributed by atoms with Gasteiger partial charge < -0.3 is 20.1 Å². The van der Waals surface area contributed by atoms with Crippen molar-refractivity contribution in [1.82, 2.24) is 10.2 Å². The quantitative estimate of drug-likeness (QED) is 0.880. The molecule has 2 heterocycles. The maximum atomic E-state index is 12.5. The SMILES string of the molecule is CNC1CCCN(C(C)C(=O)Nc2ccc3c(c2)OCCO3)C1. The van der Waals surface area contributed by atoms with E-state index in [0.717, 1.165) is 30.9 Å². The minimum absolute atomic E-state index is 0.0124. The molecule has 0 bridgehead atoms. The number of nitrogens with one attached hydrogen (secondary N) is 2. The maximum Gasteiger partial charge on any atom is 0.241 e. The molecule has 0 radical (unpaired) electrons. The van der Waals surface area contributed by atoms with Gasteiger partial charge in [0.05, 0.1) is 6.04 Å². The fourth-order valence-corrected chi connectivity index (χ4v) is 3.13. The van der Waals surface area contributed by atoms with E-state index in [4.69, 9.17) is 9.47 Å². The molecule has 0 aliphatic carbocycles. The van der Waals surface area contributed by atoms with Crippen molar-refractivity contribution in [1.29, 1.82) is 0 Å². The van der Waals surface area contributed by atoms with Gasteiger partial charge >= 0.3 is 0 Å². The predicted molar refractivity (Wildman–Crippen MR) is 89.2 cm³/mol. The van der Waals surface area contributed by atoms with Crippen LogP contribution in [0.4, 0.5) is 5.69 Å². The van der Waals surface area contributed by atoms with Crippen LogP contribution in [0.5, 0.6) is 11.5 Å². The van der Waals surface area contributed by atoms with Crippen LogP contribution >= 0.6 is 0 Å². The first kappa shape index (κ1) is 16.1. The number of anilines is 1. The smallest absolute Gasteiger partial charge is 0.241 e. The Kier molecular flexibility index (Phi) is 5.03. The molecule has 1 saturated heterocycles. The first-order valence-corrected chi connectivity index (χ1v) is 8.29. The molecule has 1 aromatic rings. The molecule has 6 nitrogen and oxygen atoms in total. The number of hydrogen-bond donors (Lipinski definition) is 2. The van der Waals surface area contributed by atoms with Gasteiger partial charge in [-0.25, -0.2) is 0 Å². The van der Waals surface area contributed by atoms with E-state index in [2.05, 4.69) is 15.5 Å². The average Bonchev–Trinajstić information content (AvgIpc) is 2.61. The summed E-state index contributed by atoms with van der Waals surface area (Å²) in [6, 6.07) is 5.83. The van der Waals surface area contributed by atoms with Crippen LogP contribution in [0.2, 0.25) is 0 Å². The first-order valence-electron chi connectivity index (χ1n) is 8.29. The number of piperidine rings is 1. The standard InChI is InChI=1S/C17H25N3O3/c1-12(20-7-3-4-14(11-20)18-2)17(21)19-13-5-6-15-16(10-13)23-9-8-22-15/h5-6,10,12,14,18H,3-4,7-9,11H2,1-2H3,(H,19,21). The molecule has 0 saturated carbocycles. The van der Waals surface area contributed by atoms with Crippen LogP contribution in [0.1, 0.15) is 19.8 Å². The van der Waals surface area contributed by atoms with Crippen LogP contribution < -0.4 is 20.1 Å². The highest BCUT2D eigenvalue weighted by Crippen LogP contribution is 2.32. The van der Waals surface area contributed by atoms with Crippen LogP contribution in [0.25, 0.3) is 0 Å². The minimum atomic E-state index is -0.153. The lowest BCUT2D eigenvalue weighted by atomic mass is 10.0.